The molecule has 0 bridgehead atoms. The first-order valence-corrected chi connectivity index (χ1v) is 13.0. The van der Waals surface area contributed by atoms with Gasteiger partial charge in [-0.1, -0.05) is 30.3 Å². The second kappa shape index (κ2) is 10.6. The number of rotatable bonds is 7. The van der Waals surface area contributed by atoms with Crippen LogP contribution in [0.15, 0.2) is 59.3 Å². The lowest BCUT2D eigenvalue weighted by Crippen LogP contribution is -2.30. The van der Waals surface area contributed by atoms with Crippen LogP contribution < -0.4 is 5.32 Å². The molecule has 0 radical (unpaired) electrons. The highest BCUT2D eigenvalue weighted by Crippen LogP contribution is 2.43. The van der Waals surface area contributed by atoms with Crippen LogP contribution in [-0.4, -0.2) is 35.5 Å². The molecule has 9 heteroatoms. The number of nitrogens with one attached hydrogen (secondary N) is 1. The van der Waals surface area contributed by atoms with Crippen LogP contribution in [0.1, 0.15) is 62.9 Å². The fourth-order valence-electron chi connectivity index (χ4n) is 4.58. The van der Waals surface area contributed by atoms with E-state index in [4.69, 9.17) is 13.9 Å². The number of hydrogen-bond acceptors (Lipinski definition) is 8. The number of ether oxygens (including phenoxy) is 2. The molecule has 0 spiro atoms. The average molecular weight is 519 g/mol. The minimum atomic E-state index is -1.09. The van der Waals surface area contributed by atoms with E-state index in [0.29, 0.717) is 34.0 Å². The van der Waals surface area contributed by atoms with Crippen molar-refractivity contribution >= 4 is 45.3 Å². The van der Waals surface area contributed by atoms with Crippen LogP contribution in [0.2, 0.25) is 0 Å². The van der Waals surface area contributed by atoms with Gasteiger partial charge < -0.3 is 19.2 Å². The molecule has 2 aromatic carbocycles. The zero-order chi connectivity index (χ0) is 25.9. The van der Waals surface area contributed by atoms with Gasteiger partial charge >= 0.3 is 11.9 Å². The molecule has 1 N–H and O–H groups in total. The lowest BCUT2D eigenvalue weighted by Gasteiger charge is -2.23. The molecule has 37 heavy (non-hydrogen) atoms. The molecular weight excluding hydrogens is 492 g/mol. The molecule has 4 aromatic rings. The molecule has 5 rings (SSSR count). The van der Waals surface area contributed by atoms with Crippen LogP contribution in [0.3, 0.4) is 0 Å². The zero-order valence-corrected chi connectivity index (χ0v) is 21.3. The standard InChI is InChI=1S/C28H26N2O6S/c1-3-34-28(33)24-20-11-9-18(17-7-5-4-6-8-17)14-23(20)37-26(24)30-25(31)16(2)36-27(32)19-10-12-21-22(13-19)35-15-29-21/h4-8,10,12-13,15-16,18H,3,9,11,14H2,1-2H3,(H,30,31). The van der Waals surface area contributed by atoms with Gasteiger partial charge in [0.1, 0.15) is 10.5 Å². The normalized spacial score (nSPS) is 15.6. The smallest absolute Gasteiger partial charge is 0.341 e. The Morgan fingerprint density at radius 3 is 2.76 bits per heavy atom. The van der Waals surface area contributed by atoms with E-state index in [1.54, 1.807) is 19.1 Å². The summed E-state index contributed by atoms with van der Waals surface area (Å²) >= 11 is 1.39. The Bertz CT molecular complexity index is 1460. The molecule has 1 amide bonds. The van der Waals surface area contributed by atoms with Gasteiger partial charge in [-0.15, -0.1) is 11.3 Å². The monoisotopic (exact) mass is 518 g/mol. The molecule has 0 saturated carbocycles. The van der Waals surface area contributed by atoms with E-state index in [1.165, 1.54) is 36.3 Å². The maximum Gasteiger partial charge on any atom is 0.341 e. The Hall–Kier alpha value is -3.98. The van der Waals surface area contributed by atoms with E-state index >= 15 is 0 Å². The first kappa shape index (κ1) is 24.7. The number of esters is 2. The Kier molecular flexibility index (Phi) is 7.05. The minimum Gasteiger partial charge on any atom is -0.462 e. The summed E-state index contributed by atoms with van der Waals surface area (Å²) in [5.74, 6) is -1.31. The second-order valence-electron chi connectivity index (χ2n) is 8.85. The van der Waals surface area contributed by atoms with Crippen LogP contribution >= 0.6 is 11.3 Å². The summed E-state index contributed by atoms with van der Waals surface area (Å²) in [4.78, 5) is 43.6. The van der Waals surface area contributed by atoms with Gasteiger partial charge in [-0.2, -0.15) is 0 Å². The van der Waals surface area contributed by atoms with E-state index in [0.717, 1.165) is 23.3 Å². The van der Waals surface area contributed by atoms with Crippen molar-refractivity contribution in [2.24, 2.45) is 0 Å². The molecule has 0 aliphatic heterocycles. The van der Waals surface area contributed by atoms with Crippen molar-refractivity contribution in [1.82, 2.24) is 4.98 Å². The average Bonchev–Trinajstić information content (AvgIpc) is 3.52. The van der Waals surface area contributed by atoms with E-state index in [2.05, 4.69) is 22.4 Å². The Labute approximate surface area is 217 Å². The topological polar surface area (TPSA) is 108 Å². The minimum absolute atomic E-state index is 0.229. The van der Waals surface area contributed by atoms with Gasteiger partial charge in [0, 0.05) is 4.88 Å². The molecule has 0 saturated heterocycles. The summed E-state index contributed by atoms with van der Waals surface area (Å²) in [6.45, 7) is 3.47. The molecule has 2 atom stereocenters. The third-order valence-electron chi connectivity index (χ3n) is 6.47. The van der Waals surface area contributed by atoms with Gasteiger partial charge in [-0.25, -0.2) is 14.6 Å². The fourth-order valence-corrected chi connectivity index (χ4v) is 5.90. The molecule has 2 heterocycles. The van der Waals surface area contributed by atoms with E-state index in [1.807, 2.05) is 18.2 Å². The summed E-state index contributed by atoms with van der Waals surface area (Å²) in [5.41, 5.74) is 3.89. The zero-order valence-electron chi connectivity index (χ0n) is 20.5. The third-order valence-corrected chi connectivity index (χ3v) is 7.64. The molecule has 8 nitrogen and oxygen atoms in total. The van der Waals surface area contributed by atoms with Crippen molar-refractivity contribution < 1.29 is 28.3 Å². The van der Waals surface area contributed by atoms with Gasteiger partial charge in [0.05, 0.1) is 17.7 Å². The van der Waals surface area contributed by atoms with Crippen molar-refractivity contribution in [2.45, 2.75) is 45.1 Å². The number of amides is 1. The lowest BCUT2D eigenvalue weighted by molar-refractivity contribution is -0.123. The Balaban J connectivity index is 1.33. The van der Waals surface area contributed by atoms with E-state index in [-0.39, 0.29) is 12.2 Å². The van der Waals surface area contributed by atoms with E-state index in [9.17, 15) is 14.4 Å². The van der Waals surface area contributed by atoms with Gasteiger partial charge in [0.15, 0.2) is 18.1 Å². The molecule has 0 fully saturated rings. The summed E-state index contributed by atoms with van der Waals surface area (Å²) in [7, 11) is 0. The van der Waals surface area contributed by atoms with Crippen LogP contribution in [0.25, 0.3) is 11.1 Å². The number of nitrogens with zero attached hydrogens (tertiary/aromatic N) is 1. The van der Waals surface area contributed by atoms with Gasteiger partial charge in [0.2, 0.25) is 0 Å². The number of carbonyl (C=O) groups is 3. The van der Waals surface area contributed by atoms with Gasteiger partial charge in [-0.05, 0) is 68.4 Å². The fraction of sp³-hybridized carbons (Fsp3) is 0.286. The molecule has 1 aliphatic carbocycles. The Morgan fingerprint density at radius 1 is 1.16 bits per heavy atom. The number of benzene rings is 2. The molecule has 190 valence electrons. The number of hydrogen-bond donors (Lipinski definition) is 1. The number of carbonyl (C=O) groups excluding carboxylic acids is 3. The highest BCUT2D eigenvalue weighted by molar-refractivity contribution is 7.17. The van der Waals surface area contributed by atoms with Crippen LogP contribution in [-0.2, 0) is 27.1 Å². The maximum absolute atomic E-state index is 13.0. The number of thiophene rings is 1. The van der Waals surface area contributed by atoms with Crippen molar-refractivity contribution in [1.29, 1.82) is 0 Å². The summed E-state index contributed by atoms with van der Waals surface area (Å²) in [6, 6.07) is 15.0. The molecule has 1 aliphatic rings. The predicted octanol–water partition coefficient (Wildman–Crippen LogP) is 5.52. The lowest BCUT2D eigenvalue weighted by atomic mass is 9.83. The van der Waals surface area contributed by atoms with Crippen molar-refractivity contribution in [3.05, 3.63) is 82.1 Å². The molecule has 2 aromatic heterocycles. The largest absolute Gasteiger partial charge is 0.462 e. The van der Waals surface area contributed by atoms with Crippen molar-refractivity contribution in [2.75, 3.05) is 11.9 Å². The molecule has 2 unspecified atom stereocenters. The summed E-state index contributed by atoms with van der Waals surface area (Å²) in [6.07, 6.45) is 2.59. The SMILES string of the molecule is CCOC(=O)c1c(NC(=O)C(C)OC(=O)c2ccc3ncoc3c2)sc2c1CCC(c1ccccc1)C2. The predicted molar refractivity (Wildman–Crippen MR) is 139 cm³/mol. The third kappa shape index (κ3) is 5.13. The summed E-state index contributed by atoms with van der Waals surface area (Å²) in [5, 5.41) is 3.24. The highest BCUT2D eigenvalue weighted by atomic mass is 32.1. The number of fused-ring (bicyclic) bond motifs is 2. The summed E-state index contributed by atoms with van der Waals surface area (Å²) < 4.78 is 15.9. The Morgan fingerprint density at radius 2 is 1.97 bits per heavy atom. The van der Waals surface area contributed by atoms with Crippen molar-refractivity contribution in [3.63, 3.8) is 0 Å². The van der Waals surface area contributed by atoms with Crippen LogP contribution in [0, 0.1) is 0 Å². The molecular formula is C28H26N2O6S. The first-order chi connectivity index (χ1) is 17.9. The number of oxazole rings is 1. The number of aromatic nitrogens is 1. The van der Waals surface area contributed by atoms with Gasteiger partial charge in [-0.3, -0.25) is 4.79 Å². The first-order valence-electron chi connectivity index (χ1n) is 12.2. The van der Waals surface area contributed by atoms with E-state index < -0.39 is 23.9 Å². The number of anilines is 1. The van der Waals surface area contributed by atoms with Crippen molar-refractivity contribution in [3.8, 4) is 0 Å². The second-order valence-corrected chi connectivity index (χ2v) is 9.96. The van der Waals surface area contributed by atoms with Crippen LogP contribution in [0.5, 0.6) is 0 Å². The highest BCUT2D eigenvalue weighted by Gasteiger charge is 2.32. The quantitative estimate of drug-likeness (QED) is 0.321. The maximum atomic E-state index is 13.0. The van der Waals surface area contributed by atoms with Crippen LogP contribution in [0.4, 0.5) is 5.00 Å². The van der Waals surface area contributed by atoms with Gasteiger partial charge in [0.25, 0.3) is 5.91 Å².